The second-order valence-electron chi connectivity index (χ2n) is 8.10. The summed E-state index contributed by atoms with van der Waals surface area (Å²) in [5, 5.41) is 2.86. The molecule has 0 saturated heterocycles. The topological polar surface area (TPSA) is 95.6 Å². The van der Waals surface area contributed by atoms with Crippen molar-refractivity contribution in [3.63, 3.8) is 0 Å². The standard InChI is InChI=1S/C21H25N3O4S/c1-14(25)24-12-11-15-7-10-18(13-19(15)24)29(27,28)23-17-8-5-16(6-9-17)20(26)22-21(2,3)4/h5-10,13,23H,11-12H2,1-4H3,(H,22,26). The van der Waals surface area contributed by atoms with E-state index in [1.54, 1.807) is 35.2 Å². The molecule has 2 N–H and O–H groups in total. The monoisotopic (exact) mass is 415 g/mol. The fraction of sp³-hybridized carbons (Fsp3) is 0.333. The Morgan fingerprint density at radius 2 is 1.69 bits per heavy atom. The predicted molar refractivity (Wildman–Crippen MR) is 113 cm³/mol. The van der Waals surface area contributed by atoms with Crippen LogP contribution in [0.5, 0.6) is 0 Å². The molecule has 0 fully saturated rings. The van der Waals surface area contributed by atoms with Crippen molar-refractivity contribution in [2.75, 3.05) is 16.2 Å². The summed E-state index contributed by atoms with van der Waals surface area (Å²) in [5.41, 5.74) is 2.01. The Kier molecular flexibility index (Phi) is 5.40. The van der Waals surface area contributed by atoms with Gasteiger partial charge in [0.15, 0.2) is 0 Å². The van der Waals surface area contributed by atoms with Crippen LogP contribution in [0.25, 0.3) is 0 Å². The van der Waals surface area contributed by atoms with Crippen LogP contribution in [0.15, 0.2) is 47.4 Å². The number of anilines is 2. The van der Waals surface area contributed by atoms with Gasteiger partial charge in [0.25, 0.3) is 15.9 Å². The maximum absolute atomic E-state index is 12.8. The molecule has 0 aromatic heterocycles. The molecule has 0 radical (unpaired) electrons. The van der Waals surface area contributed by atoms with Gasteiger partial charge in [-0.15, -0.1) is 0 Å². The van der Waals surface area contributed by atoms with Gasteiger partial charge in [0, 0.05) is 35.9 Å². The maximum Gasteiger partial charge on any atom is 0.261 e. The van der Waals surface area contributed by atoms with E-state index in [0.717, 1.165) is 5.56 Å². The van der Waals surface area contributed by atoms with Crippen molar-refractivity contribution < 1.29 is 18.0 Å². The lowest BCUT2D eigenvalue weighted by atomic mass is 10.1. The highest BCUT2D eigenvalue weighted by Gasteiger charge is 2.25. The molecular formula is C21H25N3O4S. The van der Waals surface area contributed by atoms with Crippen LogP contribution in [0.4, 0.5) is 11.4 Å². The molecule has 0 spiro atoms. The molecule has 29 heavy (non-hydrogen) atoms. The van der Waals surface area contributed by atoms with Crippen molar-refractivity contribution >= 4 is 33.2 Å². The first-order valence-corrected chi connectivity index (χ1v) is 10.8. The van der Waals surface area contributed by atoms with E-state index in [0.29, 0.717) is 29.9 Å². The molecule has 2 amide bonds. The number of hydrogen-bond acceptors (Lipinski definition) is 4. The molecule has 0 unspecified atom stereocenters. The van der Waals surface area contributed by atoms with Gasteiger partial charge in [-0.3, -0.25) is 14.3 Å². The van der Waals surface area contributed by atoms with Crippen LogP contribution in [-0.4, -0.2) is 32.3 Å². The van der Waals surface area contributed by atoms with Crippen LogP contribution in [0.3, 0.4) is 0 Å². The van der Waals surface area contributed by atoms with Crippen molar-refractivity contribution in [1.82, 2.24) is 5.32 Å². The zero-order valence-corrected chi connectivity index (χ0v) is 17.8. The summed E-state index contributed by atoms with van der Waals surface area (Å²) in [6.07, 6.45) is 0.709. The second-order valence-corrected chi connectivity index (χ2v) is 9.78. The highest BCUT2D eigenvalue weighted by atomic mass is 32.2. The molecule has 0 atom stereocenters. The zero-order chi connectivity index (χ0) is 21.4. The Hall–Kier alpha value is -2.87. The lowest BCUT2D eigenvalue weighted by Gasteiger charge is -2.20. The third kappa shape index (κ3) is 4.76. The number of amides is 2. The van der Waals surface area contributed by atoms with Crippen molar-refractivity contribution in [3.05, 3.63) is 53.6 Å². The summed E-state index contributed by atoms with van der Waals surface area (Å²) in [7, 11) is -3.83. The first-order chi connectivity index (χ1) is 13.5. The third-order valence-electron chi connectivity index (χ3n) is 4.53. The number of benzene rings is 2. The molecule has 1 aliphatic heterocycles. The van der Waals surface area contributed by atoms with Gasteiger partial charge in [-0.05, 0) is 69.2 Å². The van der Waals surface area contributed by atoms with Crippen LogP contribution in [0.2, 0.25) is 0 Å². The number of sulfonamides is 1. The number of fused-ring (bicyclic) bond motifs is 1. The van der Waals surface area contributed by atoms with Crippen molar-refractivity contribution in [1.29, 1.82) is 0 Å². The molecule has 0 aliphatic carbocycles. The van der Waals surface area contributed by atoms with E-state index in [-0.39, 0.29) is 22.2 Å². The molecule has 8 heteroatoms. The van der Waals surface area contributed by atoms with Crippen molar-refractivity contribution in [3.8, 4) is 0 Å². The first kappa shape index (κ1) is 20.9. The zero-order valence-electron chi connectivity index (χ0n) is 16.9. The van der Waals surface area contributed by atoms with Crippen LogP contribution in [0.1, 0.15) is 43.6 Å². The van der Waals surface area contributed by atoms with Gasteiger partial charge in [0.05, 0.1) is 4.90 Å². The Bertz CT molecular complexity index is 1050. The average molecular weight is 416 g/mol. The van der Waals surface area contributed by atoms with Gasteiger partial charge in [-0.2, -0.15) is 0 Å². The summed E-state index contributed by atoms with van der Waals surface area (Å²) >= 11 is 0. The smallest absolute Gasteiger partial charge is 0.261 e. The summed E-state index contributed by atoms with van der Waals surface area (Å²) in [6.45, 7) is 7.68. The molecule has 7 nitrogen and oxygen atoms in total. The van der Waals surface area contributed by atoms with Gasteiger partial charge in [-0.25, -0.2) is 8.42 Å². The minimum Gasteiger partial charge on any atom is -0.347 e. The number of nitrogens with zero attached hydrogens (tertiary/aromatic N) is 1. The van der Waals surface area contributed by atoms with Gasteiger partial charge < -0.3 is 10.2 Å². The predicted octanol–water partition coefficient (Wildman–Crippen LogP) is 2.92. The number of rotatable bonds is 4. The molecule has 2 aromatic rings. The number of nitrogens with one attached hydrogen (secondary N) is 2. The SMILES string of the molecule is CC(=O)N1CCc2ccc(S(=O)(=O)Nc3ccc(C(=O)NC(C)(C)C)cc3)cc21. The van der Waals surface area contributed by atoms with Crippen LogP contribution < -0.4 is 14.9 Å². The van der Waals surface area contributed by atoms with E-state index in [4.69, 9.17) is 0 Å². The Morgan fingerprint density at radius 1 is 1.03 bits per heavy atom. The Labute approximate surface area is 171 Å². The molecule has 1 aliphatic rings. The van der Waals surface area contributed by atoms with E-state index in [1.807, 2.05) is 20.8 Å². The second kappa shape index (κ2) is 7.51. The molecule has 0 bridgehead atoms. The summed E-state index contributed by atoms with van der Waals surface area (Å²) in [6, 6.07) is 11.0. The van der Waals surface area contributed by atoms with Crippen molar-refractivity contribution in [2.24, 2.45) is 0 Å². The Morgan fingerprint density at radius 3 is 2.28 bits per heavy atom. The number of hydrogen-bond donors (Lipinski definition) is 2. The number of carbonyl (C=O) groups excluding carboxylic acids is 2. The van der Waals surface area contributed by atoms with E-state index < -0.39 is 10.0 Å². The van der Waals surface area contributed by atoms with Crippen LogP contribution in [0, 0.1) is 0 Å². The summed E-state index contributed by atoms with van der Waals surface area (Å²) in [4.78, 5) is 25.6. The van der Waals surface area contributed by atoms with E-state index in [9.17, 15) is 18.0 Å². The highest BCUT2D eigenvalue weighted by Crippen LogP contribution is 2.31. The summed E-state index contributed by atoms with van der Waals surface area (Å²) < 4.78 is 28.1. The van der Waals surface area contributed by atoms with Gasteiger partial charge in [-0.1, -0.05) is 6.07 Å². The van der Waals surface area contributed by atoms with Gasteiger partial charge in [0.1, 0.15) is 0 Å². The summed E-state index contributed by atoms with van der Waals surface area (Å²) in [5.74, 6) is -0.342. The minimum absolute atomic E-state index is 0.0824. The first-order valence-electron chi connectivity index (χ1n) is 9.33. The van der Waals surface area contributed by atoms with E-state index in [2.05, 4.69) is 10.0 Å². The molecule has 154 valence electrons. The molecule has 2 aromatic carbocycles. The maximum atomic E-state index is 12.8. The molecule has 1 heterocycles. The highest BCUT2D eigenvalue weighted by molar-refractivity contribution is 7.92. The van der Waals surface area contributed by atoms with E-state index in [1.165, 1.54) is 19.1 Å². The fourth-order valence-corrected chi connectivity index (χ4v) is 4.25. The fourth-order valence-electron chi connectivity index (χ4n) is 3.17. The lowest BCUT2D eigenvalue weighted by Crippen LogP contribution is -2.40. The van der Waals surface area contributed by atoms with E-state index >= 15 is 0 Å². The van der Waals surface area contributed by atoms with Gasteiger partial charge >= 0.3 is 0 Å². The number of carbonyl (C=O) groups is 2. The molecule has 3 rings (SSSR count). The molecular weight excluding hydrogens is 390 g/mol. The minimum atomic E-state index is -3.83. The lowest BCUT2D eigenvalue weighted by molar-refractivity contribution is -0.116. The van der Waals surface area contributed by atoms with Gasteiger partial charge in [0.2, 0.25) is 5.91 Å². The van der Waals surface area contributed by atoms with Crippen LogP contribution in [-0.2, 0) is 21.2 Å². The van der Waals surface area contributed by atoms with Crippen LogP contribution >= 0.6 is 0 Å². The largest absolute Gasteiger partial charge is 0.347 e. The van der Waals surface area contributed by atoms with Crippen molar-refractivity contribution in [2.45, 2.75) is 44.6 Å². The third-order valence-corrected chi connectivity index (χ3v) is 5.91. The molecule has 0 saturated carbocycles. The normalized spacial score (nSPS) is 13.7. The Balaban J connectivity index is 1.79. The quantitative estimate of drug-likeness (QED) is 0.803. The average Bonchev–Trinajstić information content (AvgIpc) is 3.04.